The van der Waals surface area contributed by atoms with Crippen molar-refractivity contribution in [3.63, 3.8) is 0 Å². The van der Waals surface area contributed by atoms with Crippen molar-refractivity contribution in [3.05, 3.63) is 56.2 Å². The van der Waals surface area contributed by atoms with Crippen LogP contribution < -0.4 is 21.7 Å². The third kappa shape index (κ3) is 4.44. The molecule has 152 valence electrons. The molecular weight excluding hydrogens is 379 g/mol. The maximum atomic E-state index is 12.8. The molecule has 2 rings (SSSR count). The number of benzene rings is 1. The number of ketones is 1. The number of halogens is 3. The SMILES string of the molecule is CC(C)Cn1c(N)c(C(=O)COc2cccc(C(F)(F)F)c2)c(=O)n(C)c1=O. The molecule has 0 atom stereocenters. The Morgan fingerprint density at radius 2 is 1.89 bits per heavy atom. The molecule has 0 aliphatic carbocycles. The second-order valence-electron chi connectivity index (χ2n) is 6.65. The number of aromatic nitrogens is 2. The predicted molar refractivity (Wildman–Crippen MR) is 96.5 cm³/mol. The van der Waals surface area contributed by atoms with E-state index in [0.717, 1.165) is 27.3 Å². The Morgan fingerprint density at radius 3 is 2.46 bits per heavy atom. The number of alkyl halides is 3. The van der Waals surface area contributed by atoms with Crippen LogP contribution in [0.15, 0.2) is 33.9 Å². The van der Waals surface area contributed by atoms with Crippen molar-refractivity contribution in [2.45, 2.75) is 26.6 Å². The van der Waals surface area contributed by atoms with Crippen LogP contribution in [-0.4, -0.2) is 21.5 Å². The summed E-state index contributed by atoms with van der Waals surface area (Å²) in [5.74, 6) is -1.30. The molecule has 0 spiro atoms. The zero-order chi connectivity index (χ0) is 21.2. The number of nitrogens with two attached hydrogens (primary N) is 1. The fraction of sp³-hybridized carbons (Fsp3) is 0.389. The van der Waals surface area contributed by atoms with Gasteiger partial charge in [0.1, 0.15) is 17.1 Å². The van der Waals surface area contributed by atoms with E-state index in [2.05, 4.69) is 0 Å². The average Bonchev–Trinajstić information content (AvgIpc) is 2.61. The van der Waals surface area contributed by atoms with E-state index in [1.165, 1.54) is 13.1 Å². The van der Waals surface area contributed by atoms with Gasteiger partial charge >= 0.3 is 11.9 Å². The number of carbonyl (C=O) groups is 1. The van der Waals surface area contributed by atoms with Crippen LogP contribution in [0.5, 0.6) is 5.75 Å². The van der Waals surface area contributed by atoms with Gasteiger partial charge in [-0.1, -0.05) is 19.9 Å². The monoisotopic (exact) mass is 399 g/mol. The molecule has 0 saturated heterocycles. The van der Waals surface area contributed by atoms with Gasteiger partial charge in [0.25, 0.3) is 5.56 Å². The first-order valence-corrected chi connectivity index (χ1v) is 8.36. The zero-order valence-corrected chi connectivity index (χ0v) is 15.5. The number of hydrogen-bond donors (Lipinski definition) is 1. The Morgan fingerprint density at radius 1 is 1.25 bits per heavy atom. The number of Topliss-reactive ketones (excluding diaryl/α,β-unsaturated/α-hetero) is 1. The van der Waals surface area contributed by atoms with E-state index in [1.54, 1.807) is 0 Å². The summed E-state index contributed by atoms with van der Waals surface area (Å²) in [4.78, 5) is 37.0. The van der Waals surface area contributed by atoms with Gasteiger partial charge in [0.05, 0.1) is 5.56 Å². The van der Waals surface area contributed by atoms with Crippen LogP contribution in [0.25, 0.3) is 0 Å². The van der Waals surface area contributed by atoms with Gasteiger partial charge < -0.3 is 10.5 Å². The average molecular weight is 399 g/mol. The number of anilines is 1. The minimum Gasteiger partial charge on any atom is -0.485 e. The van der Waals surface area contributed by atoms with E-state index < -0.39 is 40.9 Å². The number of ether oxygens (including phenoxy) is 1. The van der Waals surface area contributed by atoms with Gasteiger partial charge in [-0.2, -0.15) is 13.2 Å². The van der Waals surface area contributed by atoms with Crippen LogP contribution in [0.2, 0.25) is 0 Å². The third-order valence-electron chi connectivity index (χ3n) is 3.94. The molecular formula is C18H20F3N3O4. The quantitative estimate of drug-likeness (QED) is 0.750. The predicted octanol–water partition coefficient (Wildman–Crippen LogP) is 2.07. The molecule has 0 amide bonds. The zero-order valence-electron chi connectivity index (χ0n) is 15.5. The molecule has 0 saturated carbocycles. The van der Waals surface area contributed by atoms with Gasteiger partial charge in [-0.3, -0.25) is 18.7 Å². The summed E-state index contributed by atoms with van der Waals surface area (Å²) in [5.41, 5.74) is 2.96. The highest BCUT2D eigenvalue weighted by Gasteiger charge is 2.30. The maximum absolute atomic E-state index is 12.8. The first kappa shape index (κ1) is 21.3. The van der Waals surface area contributed by atoms with Gasteiger partial charge in [0, 0.05) is 13.6 Å². The van der Waals surface area contributed by atoms with Crippen molar-refractivity contribution in [3.8, 4) is 5.75 Å². The lowest BCUT2D eigenvalue weighted by atomic mass is 10.1. The van der Waals surface area contributed by atoms with E-state index in [1.807, 2.05) is 13.8 Å². The summed E-state index contributed by atoms with van der Waals surface area (Å²) in [6.07, 6.45) is -4.56. The lowest BCUT2D eigenvalue weighted by Crippen LogP contribution is -2.43. The molecule has 10 heteroatoms. The van der Waals surface area contributed by atoms with Crippen LogP contribution in [-0.2, 0) is 19.8 Å². The van der Waals surface area contributed by atoms with E-state index in [0.29, 0.717) is 0 Å². The van der Waals surface area contributed by atoms with E-state index in [-0.39, 0.29) is 24.0 Å². The molecule has 2 aromatic rings. The summed E-state index contributed by atoms with van der Waals surface area (Å²) in [7, 11) is 1.21. The van der Waals surface area contributed by atoms with Crippen LogP contribution in [0.3, 0.4) is 0 Å². The summed E-state index contributed by atoms with van der Waals surface area (Å²) < 4.78 is 45.3. The highest BCUT2D eigenvalue weighted by molar-refractivity contribution is 6.00. The molecule has 1 aromatic carbocycles. The molecule has 28 heavy (non-hydrogen) atoms. The molecule has 1 aromatic heterocycles. The molecule has 0 radical (unpaired) electrons. The lowest BCUT2D eigenvalue weighted by molar-refractivity contribution is -0.137. The van der Waals surface area contributed by atoms with Crippen molar-refractivity contribution in [1.29, 1.82) is 0 Å². The summed E-state index contributed by atoms with van der Waals surface area (Å²) in [6.45, 7) is 3.14. The fourth-order valence-electron chi connectivity index (χ4n) is 2.57. The molecule has 0 fully saturated rings. The number of rotatable bonds is 6. The summed E-state index contributed by atoms with van der Waals surface area (Å²) in [6, 6.07) is 4.00. The van der Waals surface area contributed by atoms with Crippen LogP contribution in [0, 0.1) is 5.92 Å². The van der Waals surface area contributed by atoms with E-state index >= 15 is 0 Å². The minimum atomic E-state index is -4.56. The summed E-state index contributed by atoms with van der Waals surface area (Å²) in [5, 5.41) is 0. The van der Waals surface area contributed by atoms with Gasteiger partial charge in [-0.25, -0.2) is 4.79 Å². The molecule has 2 N–H and O–H groups in total. The highest BCUT2D eigenvalue weighted by Crippen LogP contribution is 2.31. The van der Waals surface area contributed by atoms with Crippen molar-refractivity contribution in [2.24, 2.45) is 13.0 Å². The van der Waals surface area contributed by atoms with Crippen LogP contribution >= 0.6 is 0 Å². The maximum Gasteiger partial charge on any atom is 0.416 e. The topological polar surface area (TPSA) is 96.3 Å². The number of nitrogen functional groups attached to an aromatic ring is 1. The second kappa shape index (κ2) is 7.91. The Hall–Kier alpha value is -3.04. The normalized spacial score (nSPS) is 11.7. The highest BCUT2D eigenvalue weighted by atomic mass is 19.4. The van der Waals surface area contributed by atoms with Gasteiger partial charge in [0.15, 0.2) is 6.61 Å². The number of hydrogen-bond acceptors (Lipinski definition) is 5. The van der Waals surface area contributed by atoms with Gasteiger partial charge in [-0.15, -0.1) is 0 Å². The minimum absolute atomic E-state index is 0.0156. The Balaban J connectivity index is 2.34. The first-order chi connectivity index (χ1) is 12.9. The van der Waals surface area contributed by atoms with Crippen molar-refractivity contribution in [2.75, 3.05) is 12.3 Å². The van der Waals surface area contributed by atoms with Crippen molar-refractivity contribution in [1.82, 2.24) is 9.13 Å². The van der Waals surface area contributed by atoms with E-state index in [4.69, 9.17) is 10.5 Å². The summed E-state index contributed by atoms with van der Waals surface area (Å²) >= 11 is 0. The molecule has 1 heterocycles. The third-order valence-corrected chi connectivity index (χ3v) is 3.94. The van der Waals surface area contributed by atoms with Crippen LogP contribution in [0.1, 0.15) is 29.8 Å². The molecule has 0 aliphatic rings. The van der Waals surface area contributed by atoms with Crippen molar-refractivity contribution < 1.29 is 22.7 Å². The van der Waals surface area contributed by atoms with Crippen LogP contribution in [0.4, 0.5) is 19.0 Å². The Kier molecular flexibility index (Phi) is 6.01. The van der Waals surface area contributed by atoms with Crippen molar-refractivity contribution >= 4 is 11.6 Å². The molecule has 0 unspecified atom stereocenters. The molecule has 7 nitrogen and oxygen atoms in total. The van der Waals surface area contributed by atoms with E-state index in [9.17, 15) is 27.6 Å². The number of carbonyl (C=O) groups excluding carboxylic acids is 1. The first-order valence-electron chi connectivity index (χ1n) is 8.36. The fourth-order valence-corrected chi connectivity index (χ4v) is 2.57. The van der Waals surface area contributed by atoms with Gasteiger partial charge in [0.2, 0.25) is 5.78 Å². The smallest absolute Gasteiger partial charge is 0.416 e. The lowest BCUT2D eigenvalue weighted by Gasteiger charge is -2.16. The number of nitrogens with zero attached hydrogens (tertiary/aromatic N) is 2. The molecule has 0 aliphatic heterocycles. The standard InChI is InChI=1S/C18H20F3N3O4/c1-10(2)8-24-15(22)14(16(26)23(3)17(24)27)13(25)9-28-12-6-4-5-11(7-12)18(19,20)21/h4-7,10H,8-9,22H2,1-3H3. The largest absolute Gasteiger partial charge is 0.485 e. The van der Waals surface area contributed by atoms with Gasteiger partial charge in [-0.05, 0) is 24.1 Å². The Bertz CT molecular complexity index is 1010. The second-order valence-corrected chi connectivity index (χ2v) is 6.65. The Labute approximate surface area is 158 Å². The molecule has 0 bridgehead atoms.